The van der Waals surface area contributed by atoms with Crippen LogP contribution >= 0.6 is 0 Å². The van der Waals surface area contributed by atoms with E-state index in [1.165, 1.54) is 0 Å². The maximum Gasteiger partial charge on any atom is 0.226 e. The van der Waals surface area contributed by atoms with Crippen molar-refractivity contribution >= 4 is 40.0 Å². The number of carbonyl (C=O) groups excluding carboxylic acids is 3. The van der Waals surface area contributed by atoms with E-state index in [0.717, 1.165) is 32.9 Å². The van der Waals surface area contributed by atoms with Gasteiger partial charge in [-0.25, -0.2) is 0 Å². The maximum absolute atomic E-state index is 13.5. The molecule has 176 valence electrons. The molecule has 34 heavy (non-hydrogen) atoms. The predicted molar refractivity (Wildman–Crippen MR) is 132 cm³/mol. The lowest BCUT2D eigenvalue weighted by Crippen LogP contribution is -2.53. The highest BCUT2D eigenvalue weighted by Crippen LogP contribution is 2.32. The van der Waals surface area contributed by atoms with Crippen molar-refractivity contribution in [1.82, 2.24) is 20.6 Å². The molecule has 0 spiro atoms. The highest BCUT2D eigenvalue weighted by molar-refractivity contribution is 5.91. The van der Waals surface area contributed by atoms with E-state index in [2.05, 4.69) is 20.6 Å². The van der Waals surface area contributed by atoms with Gasteiger partial charge in [0.05, 0.1) is 11.3 Å². The molecular formula is C26H29N5O3. The molecule has 0 aliphatic rings. The zero-order valence-electron chi connectivity index (χ0n) is 19.2. The normalized spacial score (nSPS) is 13.5. The van der Waals surface area contributed by atoms with Crippen LogP contribution in [0.5, 0.6) is 0 Å². The molecule has 8 nitrogen and oxygen atoms in total. The Balaban J connectivity index is 1.60. The minimum Gasteiger partial charge on any atom is -0.369 e. The fraction of sp³-hybridized carbons (Fsp3) is 0.269. The first-order valence-corrected chi connectivity index (χ1v) is 11.2. The average Bonchev–Trinajstić information content (AvgIpc) is 3.41. The van der Waals surface area contributed by atoms with Crippen LogP contribution in [0.3, 0.4) is 0 Å². The van der Waals surface area contributed by atoms with Crippen LogP contribution < -0.4 is 16.4 Å². The molecule has 0 fully saturated rings. The Labute approximate surface area is 197 Å². The first kappa shape index (κ1) is 23.1. The van der Waals surface area contributed by atoms with Crippen LogP contribution in [0.1, 0.15) is 25.0 Å². The van der Waals surface area contributed by atoms with Gasteiger partial charge in [0.15, 0.2) is 0 Å². The van der Waals surface area contributed by atoms with E-state index in [1.54, 1.807) is 13.8 Å². The third-order valence-corrected chi connectivity index (χ3v) is 6.61. The summed E-state index contributed by atoms with van der Waals surface area (Å²) in [5, 5.41) is 7.63. The lowest BCUT2D eigenvalue weighted by atomic mass is 9.74. The molecule has 3 amide bonds. The van der Waals surface area contributed by atoms with Gasteiger partial charge in [0, 0.05) is 40.6 Å². The minimum atomic E-state index is -1.12. The molecule has 2 heterocycles. The molecule has 0 bridgehead atoms. The van der Waals surface area contributed by atoms with Gasteiger partial charge < -0.3 is 26.3 Å². The number of primary amides is 1. The van der Waals surface area contributed by atoms with Crippen LogP contribution in [-0.2, 0) is 27.2 Å². The van der Waals surface area contributed by atoms with E-state index < -0.39 is 23.4 Å². The molecule has 0 radical (unpaired) electrons. The average molecular weight is 460 g/mol. The van der Waals surface area contributed by atoms with Crippen molar-refractivity contribution in [2.24, 2.45) is 17.1 Å². The third kappa shape index (κ3) is 4.52. The van der Waals surface area contributed by atoms with Crippen molar-refractivity contribution in [2.45, 2.75) is 32.9 Å². The van der Waals surface area contributed by atoms with Gasteiger partial charge in [-0.15, -0.1) is 0 Å². The summed E-state index contributed by atoms with van der Waals surface area (Å²) in [6.07, 6.45) is 4.33. The van der Waals surface area contributed by atoms with Crippen molar-refractivity contribution in [3.05, 3.63) is 72.1 Å². The number of H-pyrrole nitrogens is 2. The monoisotopic (exact) mass is 459 g/mol. The van der Waals surface area contributed by atoms with Crippen LogP contribution in [0.15, 0.2) is 60.9 Å². The molecule has 0 aliphatic carbocycles. The zero-order valence-corrected chi connectivity index (χ0v) is 19.2. The van der Waals surface area contributed by atoms with Crippen LogP contribution in [0.2, 0.25) is 0 Å². The Kier molecular flexibility index (Phi) is 6.40. The molecule has 0 aliphatic heterocycles. The maximum atomic E-state index is 13.5. The lowest BCUT2D eigenvalue weighted by molar-refractivity contribution is -0.139. The highest BCUT2D eigenvalue weighted by Gasteiger charge is 2.41. The second kappa shape index (κ2) is 9.43. The summed E-state index contributed by atoms with van der Waals surface area (Å²) in [6.45, 7) is 3.35. The van der Waals surface area contributed by atoms with Crippen molar-refractivity contribution in [1.29, 1.82) is 0 Å². The largest absolute Gasteiger partial charge is 0.369 e. The second-order valence-corrected chi connectivity index (χ2v) is 9.11. The standard InChI is InChI=1S/C26H29N5O3/c1-26(2,25(27)34)20(11-16-13-28-21-9-5-3-7-18(16)21)24(33)31-23(30-15-32)12-17-14-29-22-10-6-4-8-19(17)22/h3-10,13-15,20,23,28-29H,11-12H2,1-2H3,(H2,27,34)(H,30,32)(H,31,33)/t20-,23+/m0/s1. The zero-order chi connectivity index (χ0) is 24.3. The van der Waals surface area contributed by atoms with E-state index in [4.69, 9.17) is 5.73 Å². The number of benzene rings is 2. The molecule has 2 aromatic heterocycles. The van der Waals surface area contributed by atoms with E-state index in [9.17, 15) is 14.4 Å². The molecule has 6 N–H and O–H groups in total. The van der Waals surface area contributed by atoms with Gasteiger partial charge in [-0.3, -0.25) is 14.4 Å². The smallest absolute Gasteiger partial charge is 0.226 e. The van der Waals surface area contributed by atoms with Gasteiger partial charge in [0.2, 0.25) is 18.2 Å². The number of nitrogens with one attached hydrogen (secondary N) is 4. The fourth-order valence-corrected chi connectivity index (χ4v) is 4.39. The number of nitrogens with two attached hydrogens (primary N) is 1. The molecule has 4 aromatic rings. The molecule has 8 heteroatoms. The Morgan fingerprint density at radius 1 is 0.941 bits per heavy atom. The van der Waals surface area contributed by atoms with Crippen molar-refractivity contribution in [3.63, 3.8) is 0 Å². The van der Waals surface area contributed by atoms with Crippen molar-refractivity contribution in [3.8, 4) is 0 Å². The van der Waals surface area contributed by atoms with Gasteiger partial charge >= 0.3 is 0 Å². The Morgan fingerprint density at radius 2 is 1.47 bits per heavy atom. The number of aromatic amines is 2. The molecule has 0 saturated carbocycles. The molecule has 2 aromatic carbocycles. The van der Waals surface area contributed by atoms with Crippen LogP contribution in [0.25, 0.3) is 21.8 Å². The summed E-state index contributed by atoms with van der Waals surface area (Å²) in [4.78, 5) is 43.6. The number of carbonyl (C=O) groups is 3. The van der Waals surface area contributed by atoms with Crippen LogP contribution in [-0.4, -0.2) is 34.4 Å². The van der Waals surface area contributed by atoms with E-state index in [-0.39, 0.29) is 5.91 Å². The summed E-state index contributed by atoms with van der Waals surface area (Å²) in [5.41, 5.74) is 8.39. The summed E-state index contributed by atoms with van der Waals surface area (Å²) in [7, 11) is 0. The van der Waals surface area contributed by atoms with Gasteiger partial charge in [0.1, 0.15) is 6.17 Å². The van der Waals surface area contributed by atoms with Gasteiger partial charge in [-0.1, -0.05) is 50.2 Å². The Hall–Kier alpha value is -4.07. The number of fused-ring (bicyclic) bond motifs is 2. The minimum absolute atomic E-state index is 0.312. The number of amides is 3. The molecule has 4 rings (SSSR count). The van der Waals surface area contributed by atoms with E-state index in [0.29, 0.717) is 19.3 Å². The van der Waals surface area contributed by atoms with Gasteiger partial charge in [-0.2, -0.15) is 0 Å². The second-order valence-electron chi connectivity index (χ2n) is 9.11. The highest BCUT2D eigenvalue weighted by atomic mass is 16.2. The number of aromatic nitrogens is 2. The molecular weight excluding hydrogens is 430 g/mol. The number of hydrogen-bond acceptors (Lipinski definition) is 3. The predicted octanol–water partition coefficient (Wildman–Crippen LogP) is 2.75. The number of hydrogen-bond donors (Lipinski definition) is 5. The van der Waals surface area contributed by atoms with Crippen LogP contribution in [0, 0.1) is 11.3 Å². The molecule has 0 unspecified atom stereocenters. The first-order valence-electron chi connectivity index (χ1n) is 11.2. The van der Waals surface area contributed by atoms with Gasteiger partial charge in [-0.05, 0) is 29.7 Å². The Bertz CT molecular complexity index is 1340. The van der Waals surface area contributed by atoms with Gasteiger partial charge in [0.25, 0.3) is 0 Å². The van der Waals surface area contributed by atoms with Crippen molar-refractivity contribution < 1.29 is 14.4 Å². The Morgan fingerprint density at radius 3 is 2.00 bits per heavy atom. The molecule has 2 atom stereocenters. The van der Waals surface area contributed by atoms with Crippen LogP contribution in [0.4, 0.5) is 0 Å². The summed E-state index contributed by atoms with van der Waals surface area (Å²) >= 11 is 0. The third-order valence-electron chi connectivity index (χ3n) is 6.61. The fourth-order valence-electron chi connectivity index (χ4n) is 4.39. The summed E-state index contributed by atoms with van der Waals surface area (Å²) in [6, 6.07) is 15.6. The summed E-state index contributed by atoms with van der Waals surface area (Å²) < 4.78 is 0. The van der Waals surface area contributed by atoms with E-state index in [1.807, 2.05) is 60.9 Å². The number of rotatable bonds is 10. The van der Waals surface area contributed by atoms with E-state index >= 15 is 0 Å². The SMILES string of the molecule is CC(C)(C(N)=O)[C@@H](Cc1c[nH]c2ccccc12)C(=O)N[C@H](Cc1c[nH]c2ccccc12)NC=O. The van der Waals surface area contributed by atoms with Crippen molar-refractivity contribution in [2.75, 3.05) is 0 Å². The quantitative estimate of drug-likeness (QED) is 0.184. The summed E-state index contributed by atoms with van der Waals surface area (Å²) in [5.74, 6) is -1.67. The molecule has 0 saturated heterocycles. The lowest BCUT2D eigenvalue weighted by Gasteiger charge is -2.32. The number of para-hydroxylation sites is 2. The topological polar surface area (TPSA) is 133 Å². The first-order chi connectivity index (χ1) is 16.3.